The molecule has 0 unspecified atom stereocenters. The minimum atomic E-state index is -0.265. The van der Waals surface area contributed by atoms with Crippen LogP contribution in [0.3, 0.4) is 0 Å². The Morgan fingerprint density at radius 2 is 1.57 bits per heavy atom. The zero-order valence-electron chi connectivity index (χ0n) is 13.3. The van der Waals surface area contributed by atoms with E-state index in [1.807, 2.05) is 6.92 Å². The number of carbonyl (C=O) groups is 1. The van der Waals surface area contributed by atoms with Crippen molar-refractivity contribution in [2.24, 2.45) is 5.41 Å². The molecule has 0 N–H and O–H groups in total. The molecule has 0 spiro atoms. The Labute approximate surface area is 142 Å². The van der Waals surface area contributed by atoms with Gasteiger partial charge in [-0.15, -0.1) is 0 Å². The van der Waals surface area contributed by atoms with E-state index < -0.39 is 0 Å². The smallest absolute Gasteiger partial charge is 0.311 e. The number of piperidine rings is 1. The van der Waals surface area contributed by atoms with E-state index in [1.165, 1.54) is 26.2 Å². The molecular weight excluding hydrogens is 381 g/mol. The molecule has 0 aromatic heterocycles. The lowest BCUT2D eigenvalue weighted by molar-refractivity contribution is -0.157. The van der Waals surface area contributed by atoms with Gasteiger partial charge >= 0.3 is 5.97 Å². The van der Waals surface area contributed by atoms with Crippen LogP contribution in [0.25, 0.3) is 0 Å². The molecule has 2 aliphatic heterocycles. The van der Waals surface area contributed by atoms with Crippen LogP contribution < -0.4 is 0 Å². The topological polar surface area (TPSA) is 36.0 Å². The van der Waals surface area contributed by atoms with Crippen LogP contribution >= 0.6 is 22.9 Å². The van der Waals surface area contributed by atoms with Crippen molar-refractivity contribution < 1.29 is 9.53 Å². The first kappa shape index (κ1) is 17.4. The highest BCUT2D eigenvalue weighted by Crippen LogP contribution is 2.32. The predicted octanol–water partition coefficient (Wildman–Crippen LogP) is 1.62. The lowest BCUT2D eigenvalue weighted by atomic mass is 9.80. The number of hydrogen-bond donors (Lipinski definition) is 0. The van der Waals surface area contributed by atoms with Gasteiger partial charge in [0.05, 0.1) is 12.0 Å². The van der Waals surface area contributed by atoms with E-state index in [2.05, 4.69) is 42.7 Å². The Kier molecular flexibility index (Phi) is 6.71. The maximum absolute atomic E-state index is 12.0. The molecule has 0 atom stereocenters. The second-order valence-electron chi connectivity index (χ2n) is 6.37. The second-order valence-corrected chi connectivity index (χ2v) is 7.74. The van der Waals surface area contributed by atoms with Crippen LogP contribution in [0.4, 0.5) is 0 Å². The van der Waals surface area contributed by atoms with Crippen molar-refractivity contribution >= 4 is 28.8 Å². The molecule has 21 heavy (non-hydrogen) atoms. The van der Waals surface area contributed by atoms with Gasteiger partial charge in [-0.25, -0.2) is 3.11 Å². The average Bonchev–Trinajstić information content (AvgIpc) is 2.49. The first-order valence-electron chi connectivity index (χ1n) is 8.06. The van der Waals surface area contributed by atoms with Crippen LogP contribution in [0.5, 0.6) is 0 Å². The maximum Gasteiger partial charge on any atom is 0.311 e. The molecule has 0 aliphatic carbocycles. The van der Waals surface area contributed by atoms with Gasteiger partial charge in [0.2, 0.25) is 0 Å². The van der Waals surface area contributed by atoms with Gasteiger partial charge in [-0.2, -0.15) is 0 Å². The molecule has 2 heterocycles. The van der Waals surface area contributed by atoms with Crippen molar-refractivity contribution in [3.8, 4) is 0 Å². The largest absolute Gasteiger partial charge is 0.466 e. The third kappa shape index (κ3) is 5.04. The zero-order chi connectivity index (χ0) is 15.3. The Morgan fingerprint density at radius 3 is 2.10 bits per heavy atom. The van der Waals surface area contributed by atoms with Crippen molar-refractivity contribution in [2.45, 2.75) is 26.7 Å². The van der Waals surface area contributed by atoms with E-state index in [-0.39, 0.29) is 11.4 Å². The van der Waals surface area contributed by atoms with Crippen molar-refractivity contribution in [1.82, 2.24) is 12.9 Å². The van der Waals surface area contributed by atoms with Gasteiger partial charge in [0.25, 0.3) is 0 Å². The molecule has 122 valence electrons. The summed E-state index contributed by atoms with van der Waals surface area (Å²) in [5.74, 6) is -0.0113. The quantitative estimate of drug-likeness (QED) is 0.392. The second kappa shape index (κ2) is 8.08. The van der Waals surface area contributed by atoms with Crippen molar-refractivity contribution in [1.29, 1.82) is 0 Å². The fourth-order valence-electron chi connectivity index (χ4n) is 3.01. The molecule has 0 bridgehead atoms. The normalized spacial score (nSPS) is 24.9. The number of ether oxygens (including phenoxy) is 1. The third-order valence-corrected chi connectivity index (χ3v) is 5.74. The van der Waals surface area contributed by atoms with Gasteiger partial charge in [-0.05, 0) is 39.8 Å². The van der Waals surface area contributed by atoms with Gasteiger partial charge in [0, 0.05) is 62.1 Å². The number of rotatable bonds is 5. The molecule has 2 fully saturated rings. The Balaban J connectivity index is 1.68. The van der Waals surface area contributed by atoms with Crippen LogP contribution in [-0.4, -0.2) is 77.8 Å². The fourth-order valence-corrected chi connectivity index (χ4v) is 3.44. The molecule has 6 heteroatoms. The van der Waals surface area contributed by atoms with Crippen molar-refractivity contribution in [3.05, 3.63) is 0 Å². The number of hydrogen-bond acceptors (Lipinski definition) is 5. The van der Waals surface area contributed by atoms with E-state index in [4.69, 9.17) is 4.74 Å². The number of piperazine rings is 1. The van der Waals surface area contributed by atoms with Crippen LogP contribution in [0.1, 0.15) is 26.7 Å². The summed E-state index contributed by atoms with van der Waals surface area (Å²) in [6.45, 7) is 13.4. The van der Waals surface area contributed by atoms with Gasteiger partial charge in [-0.3, -0.25) is 9.69 Å². The molecule has 0 aromatic carbocycles. The SMILES string of the molecule is CCOC(=O)C1(C)CCN(CCN2CCN(I)CC2)CC1. The average molecular weight is 409 g/mol. The highest BCUT2D eigenvalue weighted by molar-refractivity contribution is 14.1. The summed E-state index contributed by atoms with van der Waals surface area (Å²) in [6, 6.07) is 0. The number of likely N-dealkylation sites (tertiary alicyclic amines) is 1. The minimum absolute atomic E-state index is 0.0113. The molecule has 5 nitrogen and oxygen atoms in total. The Hall–Kier alpha value is 0.0800. The van der Waals surface area contributed by atoms with Crippen LogP contribution in [0.15, 0.2) is 0 Å². The van der Waals surface area contributed by atoms with E-state index in [9.17, 15) is 4.79 Å². The summed E-state index contributed by atoms with van der Waals surface area (Å²) in [5, 5.41) is 0. The summed E-state index contributed by atoms with van der Waals surface area (Å²) < 4.78 is 7.57. The van der Waals surface area contributed by atoms with E-state index in [1.54, 1.807) is 0 Å². The molecule has 2 rings (SSSR count). The first-order chi connectivity index (χ1) is 10.0. The Morgan fingerprint density at radius 1 is 1.05 bits per heavy atom. The van der Waals surface area contributed by atoms with E-state index >= 15 is 0 Å². The van der Waals surface area contributed by atoms with Crippen LogP contribution in [0.2, 0.25) is 0 Å². The van der Waals surface area contributed by atoms with Crippen molar-refractivity contribution in [2.75, 3.05) is 59.0 Å². The van der Waals surface area contributed by atoms with E-state index in [0.29, 0.717) is 6.61 Å². The molecule has 0 aromatic rings. The molecular formula is C15H28IN3O2. The monoisotopic (exact) mass is 409 g/mol. The number of nitrogens with zero attached hydrogens (tertiary/aromatic N) is 3. The summed E-state index contributed by atoms with van der Waals surface area (Å²) >= 11 is 2.41. The van der Waals surface area contributed by atoms with Gasteiger partial charge in [-0.1, -0.05) is 0 Å². The fraction of sp³-hybridized carbons (Fsp3) is 0.933. The maximum atomic E-state index is 12.0. The van der Waals surface area contributed by atoms with Crippen LogP contribution in [-0.2, 0) is 9.53 Å². The first-order valence-corrected chi connectivity index (χ1v) is 9.02. The number of carbonyl (C=O) groups excluding carboxylic acids is 1. The molecule has 2 aliphatic rings. The highest BCUT2D eigenvalue weighted by Gasteiger charge is 2.38. The van der Waals surface area contributed by atoms with Crippen LogP contribution in [0, 0.1) is 5.41 Å². The number of halogens is 1. The molecule has 2 saturated heterocycles. The summed E-state index contributed by atoms with van der Waals surface area (Å²) in [5.41, 5.74) is -0.265. The minimum Gasteiger partial charge on any atom is -0.466 e. The molecule has 0 radical (unpaired) electrons. The highest BCUT2D eigenvalue weighted by atomic mass is 127. The van der Waals surface area contributed by atoms with Gasteiger partial charge in [0.1, 0.15) is 0 Å². The standard InChI is InChI=1S/C15H28IN3O2/c1-3-21-14(20)15(2)4-6-17(7-5-15)8-9-18-10-12-19(16)13-11-18/h3-13H2,1-2H3. The molecule has 0 amide bonds. The van der Waals surface area contributed by atoms with Gasteiger partial charge in [0.15, 0.2) is 0 Å². The Bertz CT molecular complexity index is 338. The summed E-state index contributed by atoms with van der Waals surface area (Å²) in [6.07, 6.45) is 1.85. The van der Waals surface area contributed by atoms with E-state index in [0.717, 1.165) is 39.0 Å². The summed E-state index contributed by atoms with van der Waals surface area (Å²) in [4.78, 5) is 17.1. The van der Waals surface area contributed by atoms with Gasteiger partial charge < -0.3 is 9.64 Å². The predicted molar refractivity (Wildman–Crippen MR) is 92.4 cm³/mol. The zero-order valence-corrected chi connectivity index (χ0v) is 15.5. The summed E-state index contributed by atoms with van der Waals surface area (Å²) in [7, 11) is 0. The lowest BCUT2D eigenvalue weighted by Crippen LogP contribution is -2.48. The number of esters is 1. The third-order valence-electron chi connectivity index (χ3n) is 4.78. The lowest BCUT2D eigenvalue weighted by Gasteiger charge is -2.39. The van der Waals surface area contributed by atoms with Crippen molar-refractivity contribution in [3.63, 3.8) is 0 Å². The molecule has 0 saturated carbocycles.